The first kappa shape index (κ1) is 16.6. The van der Waals surface area contributed by atoms with Crippen molar-refractivity contribution < 1.29 is 9.47 Å². The summed E-state index contributed by atoms with van der Waals surface area (Å²) in [6, 6.07) is 0. The monoisotopic (exact) mass is 333 g/mol. The van der Waals surface area contributed by atoms with E-state index in [0.717, 1.165) is 51.8 Å². The minimum absolute atomic E-state index is 0.197. The third-order valence-corrected chi connectivity index (χ3v) is 6.20. The number of aryl methyl sites for hydroxylation is 1. The topological polar surface area (TPSA) is 39.5 Å². The molecule has 0 spiro atoms. The lowest BCUT2D eigenvalue weighted by molar-refractivity contribution is -0.157. The molecular formula is C19H31N3O2. The molecule has 1 saturated carbocycles. The summed E-state index contributed by atoms with van der Waals surface area (Å²) in [6.45, 7) is 5.96. The summed E-state index contributed by atoms with van der Waals surface area (Å²) < 4.78 is 14.3. The SMILES string of the molecule is Cn1cc(CN2CCC3OCCCC3(COCC3CCC3)C2)cn1. The summed E-state index contributed by atoms with van der Waals surface area (Å²) >= 11 is 0. The molecule has 4 rings (SSSR count). The van der Waals surface area contributed by atoms with Crippen molar-refractivity contribution in [1.29, 1.82) is 0 Å². The van der Waals surface area contributed by atoms with Crippen LogP contribution in [0.5, 0.6) is 0 Å². The highest BCUT2D eigenvalue weighted by atomic mass is 16.5. The van der Waals surface area contributed by atoms with E-state index in [-0.39, 0.29) is 5.41 Å². The fourth-order valence-electron chi connectivity index (χ4n) is 4.63. The van der Waals surface area contributed by atoms with Gasteiger partial charge in [0, 0.05) is 57.1 Å². The Labute approximate surface area is 145 Å². The summed E-state index contributed by atoms with van der Waals surface area (Å²) in [5.41, 5.74) is 1.50. The van der Waals surface area contributed by atoms with Gasteiger partial charge in [-0.2, -0.15) is 5.10 Å². The third kappa shape index (κ3) is 3.53. The molecule has 2 unspecified atom stereocenters. The summed E-state index contributed by atoms with van der Waals surface area (Å²) in [5, 5.41) is 4.31. The Morgan fingerprint density at radius 1 is 1.33 bits per heavy atom. The zero-order valence-corrected chi connectivity index (χ0v) is 15.0. The first-order chi connectivity index (χ1) is 11.7. The molecule has 1 aromatic rings. The van der Waals surface area contributed by atoms with Crippen LogP contribution in [0.3, 0.4) is 0 Å². The van der Waals surface area contributed by atoms with Crippen molar-refractivity contribution in [1.82, 2.24) is 14.7 Å². The highest BCUT2D eigenvalue weighted by Gasteiger charge is 2.46. The van der Waals surface area contributed by atoms with Crippen LogP contribution in [0, 0.1) is 11.3 Å². The summed E-state index contributed by atoms with van der Waals surface area (Å²) in [4.78, 5) is 2.58. The second-order valence-electron chi connectivity index (χ2n) is 8.16. The zero-order chi connectivity index (χ0) is 16.4. The maximum atomic E-state index is 6.22. The quantitative estimate of drug-likeness (QED) is 0.802. The Kier molecular flexibility index (Phi) is 4.93. The normalized spacial score (nSPS) is 31.6. The van der Waals surface area contributed by atoms with Crippen molar-refractivity contribution in [3.63, 3.8) is 0 Å². The molecule has 24 heavy (non-hydrogen) atoms. The van der Waals surface area contributed by atoms with Gasteiger partial charge < -0.3 is 9.47 Å². The Morgan fingerprint density at radius 3 is 3.00 bits per heavy atom. The van der Waals surface area contributed by atoms with Gasteiger partial charge in [-0.3, -0.25) is 9.58 Å². The predicted octanol–water partition coefficient (Wildman–Crippen LogP) is 2.61. The molecule has 1 aliphatic carbocycles. The number of hydrogen-bond acceptors (Lipinski definition) is 4. The van der Waals surface area contributed by atoms with E-state index in [4.69, 9.17) is 9.47 Å². The van der Waals surface area contributed by atoms with E-state index in [1.807, 2.05) is 17.9 Å². The molecular weight excluding hydrogens is 302 g/mol. The number of fused-ring (bicyclic) bond motifs is 1. The van der Waals surface area contributed by atoms with Crippen molar-refractivity contribution in [2.45, 2.75) is 51.2 Å². The van der Waals surface area contributed by atoms with Gasteiger partial charge in [-0.1, -0.05) is 6.42 Å². The van der Waals surface area contributed by atoms with Crippen LogP contribution >= 0.6 is 0 Å². The van der Waals surface area contributed by atoms with Gasteiger partial charge in [-0.25, -0.2) is 0 Å². The van der Waals surface area contributed by atoms with Crippen LogP contribution in [0.4, 0.5) is 0 Å². The Morgan fingerprint density at radius 2 is 2.25 bits per heavy atom. The maximum absolute atomic E-state index is 6.22. The minimum Gasteiger partial charge on any atom is -0.380 e. The molecule has 0 aromatic carbocycles. The highest BCUT2D eigenvalue weighted by Crippen LogP contribution is 2.41. The Hall–Kier alpha value is -0.910. The van der Waals surface area contributed by atoms with E-state index in [1.54, 1.807) is 0 Å². The van der Waals surface area contributed by atoms with E-state index in [1.165, 1.54) is 37.7 Å². The van der Waals surface area contributed by atoms with E-state index in [2.05, 4.69) is 16.2 Å². The third-order valence-electron chi connectivity index (χ3n) is 6.20. The number of aromatic nitrogens is 2. The molecule has 0 radical (unpaired) electrons. The molecule has 0 bridgehead atoms. The molecule has 5 nitrogen and oxygen atoms in total. The molecule has 0 amide bonds. The van der Waals surface area contributed by atoms with Gasteiger partial charge in [0.15, 0.2) is 0 Å². The van der Waals surface area contributed by atoms with Crippen molar-refractivity contribution in [2.24, 2.45) is 18.4 Å². The molecule has 0 N–H and O–H groups in total. The molecule has 134 valence electrons. The highest BCUT2D eigenvalue weighted by molar-refractivity contribution is 5.05. The molecule has 2 saturated heterocycles. The Bertz CT molecular complexity index is 542. The largest absolute Gasteiger partial charge is 0.380 e. The van der Waals surface area contributed by atoms with Crippen LogP contribution in [0.1, 0.15) is 44.1 Å². The van der Waals surface area contributed by atoms with Gasteiger partial charge in [-0.15, -0.1) is 0 Å². The number of likely N-dealkylation sites (tertiary alicyclic amines) is 1. The van der Waals surface area contributed by atoms with E-state index < -0.39 is 0 Å². The molecule has 1 aromatic heterocycles. The average molecular weight is 333 g/mol. The van der Waals surface area contributed by atoms with E-state index >= 15 is 0 Å². The van der Waals surface area contributed by atoms with Gasteiger partial charge >= 0.3 is 0 Å². The van der Waals surface area contributed by atoms with Crippen molar-refractivity contribution in [3.05, 3.63) is 18.0 Å². The molecule has 2 atom stereocenters. The predicted molar refractivity (Wildman–Crippen MR) is 92.7 cm³/mol. The lowest BCUT2D eigenvalue weighted by Gasteiger charge is -2.50. The van der Waals surface area contributed by atoms with Crippen LogP contribution in [0.25, 0.3) is 0 Å². The van der Waals surface area contributed by atoms with Gasteiger partial charge in [0.1, 0.15) is 0 Å². The maximum Gasteiger partial charge on any atom is 0.0677 e. The summed E-state index contributed by atoms with van der Waals surface area (Å²) in [6.07, 6.45) is 12.2. The van der Waals surface area contributed by atoms with Gasteiger partial charge in [0.25, 0.3) is 0 Å². The van der Waals surface area contributed by atoms with Crippen molar-refractivity contribution >= 4 is 0 Å². The second-order valence-corrected chi connectivity index (χ2v) is 8.16. The standard InChI is InChI=1S/C19H31N3O2/c1-21-11-17(10-20-21)12-22-8-6-18-19(14-22,7-3-9-24-18)15-23-13-16-4-2-5-16/h10-11,16,18H,2-9,12-15H2,1H3. The second kappa shape index (κ2) is 7.14. The number of ether oxygens (including phenoxy) is 2. The minimum atomic E-state index is 0.197. The van der Waals surface area contributed by atoms with Gasteiger partial charge in [0.05, 0.1) is 18.9 Å². The fraction of sp³-hybridized carbons (Fsp3) is 0.842. The summed E-state index contributed by atoms with van der Waals surface area (Å²) in [5.74, 6) is 0.819. The van der Waals surface area contributed by atoms with Gasteiger partial charge in [0.2, 0.25) is 0 Å². The van der Waals surface area contributed by atoms with Crippen LogP contribution in [-0.2, 0) is 23.1 Å². The van der Waals surface area contributed by atoms with Crippen molar-refractivity contribution in [3.8, 4) is 0 Å². The molecule has 3 fully saturated rings. The molecule has 3 heterocycles. The smallest absolute Gasteiger partial charge is 0.0677 e. The van der Waals surface area contributed by atoms with Crippen LogP contribution < -0.4 is 0 Å². The summed E-state index contributed by atoms with van der Waals surface area (Å²) in [7, 11) is 1.99. The number of piperidine rings is 1. The fourth-order valence-corrected chi connectivity index (χ4v) is 4.63. The van der Waals surface area contributed by atoms with Crippen LogP contribution in [0.15, 0.2) is 12.4 Å². The number of rotatable bonds is 6. The van der Waals surface area contributed by atoms with E-state index in [0.29, 0.717) is 6.10 Å². The average Bonchev–Trinajstić information content (AvgIpc) is 2.94. The van der Waals surface area contributed by atoms with Crippen molar-refractivity contribution in [2.75, 3.05) is 32.9 Å². The van der Waals surface area contributed by atoms with Gasteiger partial charge in [-0.05, 0) is 38.0 Å². The zero-order valence-electron chi connectivity index (χ0n) is 15.0. The lowest BCUT2D eigenvalue weighted by Crippen LogP contribution is -2.56. The molecule has 2 aliphatic heterocycles. The Balaban J connectivity index is 1.38. The molecule has 5 heteroatoms. The molecule has 3 aliphatic rings. The van der Waals surface area contributed by atoms with Crippen LogP contribution in [-0.4, -0.2) is 53.7 Å². The lowest BCUT2D eigenvalue weighted by atomic mass is 9.73. The first-order valence-corrected chi connectivity index (χ1v) is 9.63. The van der Waals surface area contributed by atoms with E-state index in [9.17, 15) is 0 Å². The first-order valence-electron chi connectivity index (χ1n) is 9.63. The number of nitrogens with zero attached hydrogens (tertiary/aromatic N) is 3. The van der Waals surface area contributed by atoms with Crippen LogP contribution in [0.2, 0.25) is 0 Å². The number of hydrogen-bond donors (Lipinski definition) is 0.